The minimum absolute atomic E-state index is 0.0436. The highest BCUT2D eigenvalue weighted by Crippen LogP contribution is 2.31. The maximum Gasteiger partial charge on any atom is 0.257 e. The van der Waals surface area contributed by atoms with Crippen LogP contribution in [0.25, 0.3) is 11.1 Å². The van der Waals surface area contributed by atoms with E-state index in [1.165, 1.54) is 22.3 Å². The van der Waals surface area contributed by atoms with E-state index in [1.54, 1.807) is 18.2 Å². The van der Waals surface area contributed by atoms with Crippen molar-refractivity contribution >= 4 is 44.4 Å². The van der Waals surface area contributed by atoms with Gasteiger partial charge in [0.15, 0.2) is 11.4 Å². The Labute approximate surface area is 155 Å². The number of fused-ring (bicyclic) bond motifs is 2. The molecule has 0 saturated heterocycles. The molecule has 0 saturated carbocycles. The van der Waals surface area contributed by atoms with E-state index in [9.17, 15) is 13.2 Å². The van der Waals surface area contributed by atoms with Gasteiger partial charge in [0.25, 0.3) is 5.22 Å². The van der Waals surface area contributed by atoms with E-state index in [-0.39, 0.29) is 11.5 Å². The number of benzene rings is 2. The van der Waals surface area contributed by atoms with Crippen LogP contribution in [0.2, 0.25) is 0 Å². The second-order valence-electron chi connectivity index (χ2n) is 6.09. The molecule has 0 spiro atoms. The normalized spacial score (nSPS) is 14.0. The number of aromatic nitrogens is 1. The molecule has 0 amide bonds. The first-order chi connectivity index (χ1) is 12.4. The summed E-state index contributed by atoms with van der Waals surface area (Å²) in [5.74, 6) is 0.166. The highest BCUT2D eigenvalue weighted by Gasteiger charge is 2.26. The zero-order valence-corrected chi connectivity index (χ0v) is 15.6. The van der Waals surface area contributed by atoms with Gasteiger partial charge in [-0.15, -0.1) is 0 Å². The predicted molar refractivity (Wildman–Crippen MR) is 101 cm³/mol. The van der Waals surface area contributed by atoms with E-state index in [0.29, 0.717) is 35.0 Å². The van der Waals surface area contributed by atoms with Crippen molar-refractivity contribution in [2.75, 3.05) is 22.9 Å². The molecule has 0 bridgehead atoms. The number of carbonyl (C=O) groups is 1. The van der Waals surface area contributed by atoms with Crippen molar-refractivity contribution in [1.82, 2.24) is 4.98 Å². The molecule has 0 N–H and O–H groups in total. The van der Waals surface area contributed by atoms with Crippen LogP contribution in [0.15, 0.2) is 52.1 Å². The third-order valence-electron chi connectivity index (χ3n) is 4.26. The van der Waals surface area contributed by atoms with Gasteiger partial charge in [0.1, 0.15) is 5.52 Å². The summed E-state index contributed by atoms with van der Waals surface area (Å²) in [6.45, 7) is 0.420. The second-order valence-corrected chi connectivity index (χ2v) is 8.92. The van der Waals surface area contributed by atoms with Crippen LogP contribution in [0.3, 0.4) is 0 Å². The van der Waals surface area contributed by atoms with Crippen LogP contribution in [0, 0.1) is 0 Å². The Morgan fingerprint density at radius 2 is 2.08 bits per heavy atom. The van der Waals surface area contributed by atoms with E-state index in [2.05, 4.69) is 4.98 Å². The molecule has 1 aromatic heterocycles. The number of ketones is 1. The van der Waals surface area contributed by atoms with E-state index < -0.39 is 10.0 Å². The zero-order chi connectivity index (χ0) is 18.3. The number of thioether (sulfide) groups is 1. The third kappa shape index (κ3) is 3.22. The predicted octanol–water partition coefficient (Wildman–Crippen LogP) is 3.12. The largest absolute Gasteiger partial charge is 0.431 e. The molecule has 0 radical (unpaired) electrons. The van der Waals surface area contributed by atoms with Gasteiger partial charge in [-0.1, -0.05) is 23.9 Å². The fourth-order valence-corrected chi connectivity index (χ4v) is 4.70. The molecule has 6 nitrogen and oxygen atoms in total. The Morgan fingerprint density at radius 3 is 2.85 bits per heavy atom. The molecule has 0 unspecified atom stereocenters. The average molecular weight is 388 g/mol. The Kier molecular flexibility index (Phi) is 4.24. The van der Waals surface area contributed by atoms with Gasteiger partial charge in [-0.2, -0.15) is 0 Å². The van der Waals surface area contributed by atoms with Gasteiger partial charge in [-0.25, -0.2) is 13.4 Å². The number of sulfonamides is 1. The molecule has 2 heterocycles. The van der Waals surface area contributed by atoms with Crippen molar-refractivity contribution in [2.45, 2.75) is 11.6 Å². The monoisotopic (exact) mass is 388 g/mol. The molecule has 0 aliphatic carbocycles. The summed E-state index contributed by atoms with van der Waals surface area (Å²) < 4.78 is 30.6. The number of carbonyl (C=O) groups excluding carboxylic acids is 1. The van der Waals surface area contributed by atoms with Gasteiger partial charge in [0, 0.05) is 12.1 Å². The molecule has 26 heavy (non-hydrogen) atoms. The summed E-state index contributed by atoms with van der Waals surface area (Å²) in [4.78, 5) is 16.8. The van der Waals surface area contributed by atoms with Crippen molar-refractivity contribution in [1.29, 1.82) is 0 Å². The summed E-state index contributed by atoms with van der Waals surface area (Å²) in [6.07, 6.45) is 1.81. The van der Waals surface area contributed by atoms with Gasteiger partial charge in [-0.3, -0.25) is 9.10 Å². The van der Waals surface area contributed by atoms with E-state index in [1.807, 2.05) is 24.3 Å². The first kappa shape index (κ1) is 17.1. The van der Waals surface area contributed by atoms with Crippen molar-refractivity contribution in [3.05, 3.63) is 53.6 Å². The zero-order valence-electron chi connectivity index (χ0n) is 14.0. The van der Waals surface area contributed by atoms with Crippen LogP contribution in [0.1, 0.15) is 15.9 Å². The minimum atomic E-state index is -3.28. The van der Waals surface area contributed by atoms with Crippen LogP contribution in [-0.4, -0.2) is 37.7 Å². The van der Waals surface area contributed by atoms with Gasteiger partial charge >= 0.3 is 0 Å². The van der Waals surface area contributed by atoms with E-state index >= 15 is 0 Å². The van der Waals surface area contributed by atoms with Crippen molar-refractivity contribution in [2.24, 2.45) is 0 Å². The number of hydrogen-bond acceptors (Lipinski definition) is 6. The number of rotatable bonds is 5. The molecule has 1 aliphatic heterocycles. The molecule has 134 valence electrons. The number of Topliss-reactive ketones (excluding diaryl/α,β-unsaturated/α-hetero) is 1. The molecule has 0 fully saturated rings. The first-order valence-electron chi connectivity index (χ1n) is 8.04. The smallest absolute Gasteiger partial charge is 0.257 e. The van der Waals surface area contributed by atoms with Crippen molar-refractivity contribution < 1.29 is 17.6 Å². The Bertz CT molecular complexity index is 1070. The van der Waals surface area contributed by atoms with Crippen LogP contribution >= 0.6 is 11.8 Å². The topological polar surface area (TPSA) is 80.5 Å². The summed E-state index contributed by atoms with van der Waals surface area (Å²) in [5, 5.41) is 0.462. The highest BCUT2D eigenvalue weighted by molar-refractivity contribution is 7.99. The van der Waals surface area contributed by atoms with E-state index in [4.69, 9.17) is 4.42 Å². The number of hydrogen-bond donors (Lipinski definition) is 0. The molecular formula is C18H16N2O4S2. The lowest BCUT2D eigenvalue weighted by atomic mass is 10.1. The molecule has 8 heteroatoms. The minimum Gasteiger partial charge on any atom is -0.431 e. The van der Waals surface area contributed by atoms with Crippen molar-refractivity contribution in [3.63, 3.8) is 0 Å². The first-order valence-corrected chi connectivity index (χ1v) is 10.9. The fourth-order valence-electron chi connectivity index (χ4n) is 3.01. The standard InChI is InChI=1S/C18H16N2O4S2/c1-26(22,23)20-9-8-12-10-13(6-7-15(12)20)16(21)11-25-18-19-14-4-2-3-5-17(14)24-18/h2-7,10H,8-9,11H2,1H3. The van der Waals surface area contributed by atoms with Gasteiger partial charge in [-0.05, 0) is 42.3 Å². The van der Waals surface area contributed by atoms with Crippen LogP contribution in [-0.2, 0) is 16.4 Å². The number of nitrogens with zero attached hydrogens (tertiary/aromatic N) is 2. The van der Waals surface area contributed by atoms with Crippen molar-refractivity contribution in [3.8, 4) is 0 Å². The fraction of sp³-hybridized carbons (Fsp3) is 0.222. The third-order valence-corrected chi connectivity index (χ3v) is 6.26. The summed E-state index contributed by atoms with van der Waals surface area (Å²) >= 11 is 1.25. The summed E-state index contributed by atoms with van der Waals surface area (Å²) in [5.41, 5.74) is 3.58. The van der Waals surface area contributed by atoms with Gasteiger partial charge in [0.2, 0.25) is 10.0 Å². The maximum absolute atomic E-state index is 12.5. The Hall–Kier alpha value is -2.32. The van der Waals surface area contributed by atoms with Gasteiger partial charge < -0.3 is 4.42 Å². The van der Waals surface area contributed by atoms with E-state index in [0.717, 1.165) is 11.1 Å². The lowest BCUT2D eigenvalue weighted by Crippen LogP contribution is -2.27. The molecule has 2 aromatic carbocycles. The van der Waals surface area contributed by atoms with Crippen LogP contribution < -0.4 is 4.31 Å². The number of para-hydroxylation sites is 2. The number of oxazole rings is 1. The molecule has 0 atom stereocenters. The highest BCUT2D eigenvalue weighted by atomic mass is 32.2. The quantitative estimate of drug-likeness (QED) is 0.493. The molecular weight excluding hydrogens is 372 g/mol. The lowest BCUT2D eigenvalue weighted by Gasteiger charge is -2.16. The number of anilines is 1. The average Bonchev–Trinajstić information content (AvgIpc) is 3.22. The Morgan fingerprint density at radius 1 is 1.27 bits per heavy atom. The summed E-state index contributed by atoms with van der Waals surface area (Å²) in [7, 11) is -3.28. The summed E-state index contributed by atoms with van der Waals surface area (Å²) in [6, 6.07) is 12.6. The molecule has 3 aromatic rings. The van der Waals surface area contributed by atoms with Crippen LogP contribution in [0.4, 0.5) is 5.69 Å². The maximum atomic E-state index is 12.5. The Balaban J connectivity index is 1.49. The molecule has 1 aliphatic rings. The second kappa shape index (κ2) is 6.44. The SMILES string of the molecule is CS(=O)(=O)N1CCc2cc(C(=O)CSc3nc4ccccc4o3)ccc21. The van der Waals surface area contributed by atoms with Gasteiger partial charge in [0.05, 0.1) is 17.7 Å². The van der Waals surface area contributed by atoms with Crippen LogP contribution in [0.5, 0.6) is 0 Å². The lowest BCUT2D eigenvalue weighted by molar-refractivity contribution is 0.102. The molecule has 4 rings (SSSR count).